The fourth-order valence-corrected chi connectivity index (χ4v) is 1.41. The van der Waals surface area contributed by atoms with E-state index in [1.54, 1.807) is 19.2 Å². The van der Waals surface area contributed by atoms with Crippen molar-refractivity contribution in [3.63, 3.8) is 0 Å². The predicted octanol–water partition coefficient (Wildman–Crippen LogP) is 4.23. The zero-order chi connectivity index (χ0) is 13.9. The van der Waals surface area contributed by atoms with Gasteiger partial charge in [-0.2, -0.15) is 0 Å². The highest BCUT2D eigenvalue weighted by Crippen LogP contribution is 2.28. The van der Waals surface area contributed by atoms with Crippen molar-refractivity contribution in [2.45, 2.75) is 27.7 Å². The molecule has 0 spiro atoms. The minimum absolute atomic E-state index is 0.110. The van der Waals surface area contributed by atoms with Crippen molar-refractivity contribution >= 4 is 40.5 Å². The second-order valence-electron chi connectivity index (χ2n) is 4.99. The summed E-state index contributed by atoms with van der Waals surface area (Å²) in [4.78, 5) is 16.1. The van der Waals surface area contributed by atoms with Crippen LogP contribution in [0.1, 0.15) is 33.3 Å². The van der Waals surface area contributed by atoms with E-state index in [0.717, 1.165) is 5.56 Å². The Balaban J connectivity index is 3.12. The lowest BCUT2D eigenvalue weighted by Crippen LogP contribution is -2.28. The van der Waals surface area contributed by atoms with Gasteiger partial charge < -0.3 is 5.32 Å². The van der Waals surface area contributed by atoms with Gasteiger partial charge in [0.2, 0.25) is 5.91 Å². The number of carbonyl (C=O) groups is 1. The molecule has 1 heterocycles. The molecule has 0 atom stereocenters. The molecule has 0 fully saturated rings. The van der Waals surface area contributed by atoms with Crippen LogP contribution in [-0.2, 0) is 4.79 Å². The number of nitrogens with zero attached hydrogens (tertiary/aromatic N) is 1. The Morgan fingerprint density at radius 3 is 2.44 bits per heavy atom. The number of hydrogen-bond donors (Lipinski definition) is 1. The summed E-state index contributed by atoms with van der Waals surface area (Å²) < 4.78 is 0.161. The van der Waals surface area contributed by atoms with Gasteiger partial charge in [0, 0.05) is 17.2 Å². The van der Waals surface area contributed by atoms with E-state index in [2.05, 4.69) is 10.3 Å². The molecule has 0 bridgehead atoms. The predicted molar refractivity (Wildman–Crippen MR) is 76.6 cm³/mol. The van der Waals surface area contributed by atoms with E-state index in [-0.39, 0.29) is 10.4 Å². The van der Waals surface area contributed by atoms with Crippen LogP contribution in [0.25, 0.3) is 5.57 Å². The van der Waals surface area contributed by atoms with Crippen molar-refractivity contribution in [2.24, 2.45) is 5.41 Å². The van der Waals surface area contributed by atoms with Crippen LogP contribution < -0.4 is 5.32 Å². The van der Waals surface area contributed by atoms with Crippen LogP contribution in [0, 0.1) is 5.41 Å². The van der Waals surface area contributed by atoms with Crippen molar-refractivity contribution in [2.75, 3.05) is 5.32 Å². The smallest absolute Gasteiger partial charge is 0.230 e. The van der Waals surface area contributed by atoms with E-state index in [0.29, 0.717) is 11.4 Å². The first-order valence-corrected chi connectivity index (χ1v) is 6.28. The first-order valence-electron chi connectivity index (χ1n) is 5.52. The van der Waals surface area contributed by atoms with E-state index < -0.39 is 5.41 Å². The van der Waals surface area contributed by atoms with Crippen molar-refractivity contribution in [1.82, 2.24) is 4.98 Å². The van der Waals surface area contributed by atoms with Crippen LogP contribution in [-0.4, -0.2) is 10.9 Å². The molecule has 0 aliphatic heterocycles. The second-order valence-corrected chi connectivity index (χ2v) is 5.94. The zero-order valence-electron chi connectivity index (χ0n) is 10.8. The lowest BCUT2D eigenvalue weighted by atomic mass is 9.95. The minimum Gasteiger partial charge on any atom is -0.310 e. The largest absolute Gasteiger partial charge is 0.310 e. The molecule has 5 heteroatoms. The number of anilines is 1. The summed E-state index contributed by atoms with van der Waals surface area (Å²) in [5.74, 6) is 0.356. The molecule has 0 aliphatic rings. The lowest BCUT2D eigenvalue weighted by Gasteiger charge is -2.18. The Hall–Kier alpha value is -1.06. The summed E-state index contributed by atoms with van der Waals surface area (Å²) >= 11 is 11.5. The Labute approximate surface area is 117 Å². The van der Waals surface area contributed by atoms with Crippen LogP contribution in [0.2, 0.25) is 0 Å². The minimum atomic E-state index is -0.489. The molecule has 1 amide bonds. The van der Waals surface area contributed by atoms with Gasteiger partial charge in [0.15, 0.2) is 0 Å². The van der Waals surface area contributed by atoms with Crippen LogP contribution in [0.15, 0.2) is 22.8 Å². The fourth-order valence-electron chi connectivity index (χ4n) is 1.20. The molecule has 0 aliphatic carbocycles. The SMILES string of the molecule is CC(=C(Cl)Cl)c1cccnc1NC(=O)C(C)(C)C. The number of rotatable bonds is 2. The second kappa shape index (κ2) is 5.72. The number of halogens is 2. The number of allylic oxidation sites excluding steroid dienone is 1. The third kappa shape index (κ3) is 3.72. The van der Waals surface area contributed by atoms with Gasteiger partial charge in [0.05, 0.1) is 0 Å². The Kier molecular flexibility index (Phi) is 4.77. The molecule has 1 aromatic rings. The van der Waals surface area contributed by atoms with E-state index in [1.807, 2.05) is 26.8 Å². The molecule has 1 rings (SSSR count). The van der Waals surface area contributed by atoms with Gasteiger partial charge in [-0.05, 0) is 24.6 Å². The van der Waals surface area contributed by atoms with Crippen LogP contribution in [0.5, 0.6) is 0 Å². The fraction of sp³-hybridized carbons (Fsp3) is 0.385. The van der Waals surface area contributed by atoms with E-state index in [9.17, 15) is 4.79 Å². The van der Waals surface area contributed by atoms with Gasteiger partial charge in [-0.3, -0.25) is 4.79 Å². The van der Waals surface area contributed by atoms with Gasteiger partial charge in [0.25, 0.3) is 0 Å². The summed E-state index contributed by atoms with van der Waals surface area (Å²) in [5, 5.41) is 2.78. The standard InChI is InChI=1S/C13H16Cl2N2O/c1-8(10(14)15)9-6-5-7-16-11(9)17-12(18)13(2,3)4/h5-7H,1-4H3,(H,16,17,18). The van der Waals surface area contributed by atoms with E-state index in [1.165, 1.54) is 0 Å². The van der Waals surface area contributed by atoms with Crippen molar-refractivity contribution in [1.29, 1.82) is 0 Å². The molecule has 0 saturated carbocycles. The third-order valence-electron chi connectivity index (χ3n) is 2.41. The highest BCUT2D eigenvalue weighted by molar-refractivity contribution is 6.58. The average molecular weight is 287 g/mol. The Bertz CT molecular complexity index is 486. The summed E-state index contributed by atoms with van der Waals surface area (Å²) in [7, 11) is 0. The normalized spacial score (nSPS) is 11.0. The topological polar surface area (TPSA) is 42.0 Å². The highest BCUT2D eigenvalue weighted by atomic mass is 35.5. The number of nitrogens with one attached hydrogen (secondary N) is 1. The maximum Gasteiger partial charge on any atom is 0.230 e. The van der Waals surface area contributed by atoms with Crippen molar-refractivity contribution < 1.29 is 4.79 Å². The average Bonchev–Trinajstić information content (AvgIpc) is 2.27. The molecule has 18 heavy (non-hydrogen) atoms. The first-order chi connectivity index (χ1) is 8.23. The molecule has 0 saturated heterocycles. The maximum atomic E-state index is 11.9. The van der Waals surface area contributed by atoms with Gasteiger partial charge in [0.1, 0.15) is 10.3 Å². The number of hydrogen-bond acceptors (Lipinski definition) is 2. The zero-order valence-corrected chi connectivity index (χ0v) is 12.4. The number of amides is 1. The van der Waals surface area contributed by atoms with Crippen LogP contribution in [0.3, 0.4) is 0 Å². The monoisotopic (exact) mass is 286 g/mol. The molecule has 3 nitrogen and oxygen atoms in total. The Morgan fingerprint density at radius 1 is 1.33 bits per heavy atom. The molecular weight excluding hydrogens is 271 g/mol. The molecule has 98 valence electrons. The summed E-state index contributed by atoms with van der Waals surface area (Å²) in [5.41, 5.74) is 0.905. The maximum absolute atomic E-state index is 11.9. The molecule has 0 unspecified atom stereocenters. The molecule has 0 aromatic carbocycles. The highest BCUT2D eigenvalue weighted by Gasteiger charge is 2.22. The summed E-state index contributed by atoms with van der Waals surface area (Å²) in [6.07, 6.45) is 1.61. The van der Waals surface area contributed by atoms with E-state index in [4.69, 9.17) is 23.2 Å². The first kappa shape index (κ1) is 15.0. The van der Waals surface area contributed by atoms with Gasteiger partial charge in [-0.15, -0.1) is 0 Å². The number of pyridine rings is 1. The Morgan fingerprint density at radius 2 is 1.94 bits per heavy atom. The van der Waals surface area contributed by atoms with Gasteiger partial charge in [-0.25, -0.2) is 4.98 Å². The molecule has 1 aromatic heterocycles. The van der Waals surface area contributed by atoms with Crippen molar-refractivity contribution in [3.05, 3.63) is 28.4 Å². The molecule has 0 radical (unpaired) electrons. The van der Waals surface area contributed by atoms with Gasteiger partial charge in [-0.1, -0.05) is 44.0 Å². The van der Waals surface area contributed by atoms with Crippen LogP contribution in [0.4, 0.5) is 5.82 Å². The third-order valence-corrected chi connectivity index (χ3v) is 2.98. The molecular formula is C13H16Cl2N2O. The van der Waals surface area contributed by atoms with Crippen molar-refractivity contribution in [3.8, 4) is 0 Å². The quantitative estimate of drug-likeness (QED) is 0.884. The number of aromatic nitrogens is 1. The van der Waals surface area contributed by atoms with Crippen LogP contribution >= 0.6 is 23.2 Å². The van der Waals surface area contributed by atoms with Gasteiger partial charge >= 0.3 is 0 Å². The molecule has 1 N–H and O–H groups in total. The van der Waals surface area contributed by atoms with E-state index >= 15 is 0 Å². The summed E-state index contributed by atoms with van der Waals surface area (Å²) in [6, 6.07) is 3.58. The number of carbonyl (C=O) groups excluding carboxylic acids is 1. The summed E-state index contributed by atoms with van der Waals surface area (Å²) in [6.45, 7) is 7.28. The lowest BCUT2D eigenvalue weighted by molar-refractivity contribution is -0.123.